The van der Waals surface area contributed by atoms with Gasteiger partial charge in [0.25, 0.3) is 0 Å². The minimum absolute atomic E-state index is 0.223. The summed E-state index contributed by atoms with van der Waals surface area (Å²) in [6, 6.07) is 9.58. The van der Waals surface area contributed by atoms with E-state index in [4.69, 9.17) is 0 Å². The zero-order valence-corrected chi connectivity index (χ0v) is 12.7. The molecule has 0 N–H and O–H groups in total. The Balaban J connectivity index is 2.30. The van der Waals surface area contributed by atoms with Crippen LogP contribution in [0.5, 0.6) is 0 Å². The molecule has 2 aromatic carbocycles. The molecular weight excluding hydrogens is 375 g/mol. The van der Waals surface area contributed by atoms with E-state index in [0.29, 0.717) is 17.7 Å². The Morgan fingerprint density at radius 3 is 1.86 bits per heavy atom. The molecule has 0 saturated carbocycles. The average Bonchev–Trinajstić information content (AvgIpc) is 2.34. The largest absolute Gasteiger partial charge is 0.310 e. The van der Waals surface area contributed by atoms with Crippen LogP contribution in [0.1, 0.15) is 11.1 Å². The van der Waals surface area contributed by atoms with Crippen molar-refractivity contribution in [1.29, 1.82) is 0 Å². The van der Waals surface area contributed by atoms with E-state index in [2.05, 4.69) is 27.8 Å². The first-order valence-electron chi connectivity index (χ1n) is 5.56. The van der Waals surface area contributed by atoms with Crippen LogP contribution in [-0.2, 0) is 0 Å². The number of hydrogen-bond acceptors (Lipinski definition) is 0. The number of halogens is 6. The molecule has 0 nitrogen and oxygen atoms in total. The van der Waals surface area contributed by atoms with Gasteiger partial charge in [-0.15, -0.1) is 0 Å². The van der Waals surface area contributed by atoms with Crippen molar-refractivity contribution in [2.24, 2.45) is 0 Å². The highest BCUT2D eigenvalue weighted by molar-refractivity contribution is 9.10. The summed E-state index contributed by atoms with van der Waals surface area (Å²) in [6.07, 6.45) is 0. The molecule has 0 aliphatic rings. The van der Waals surface area contributed by atoms with Gasteiger partial charge in [-0.05, 0) is 42.5 Å². The lowest BCUT2D eigenvalue weighted by Crippen LogP contribution is -2.05. The van der Waals surface area contributed by atoms with Crippen molar-refractivity contribution in [3.8, 4) is 11.8 Å². The van der Waals surface area contributed by atoms with E-state index in [0.717, 1.165) is 16.6 Å². The van der Waals surface area contributed by atoms with Crippen LogP contribution in [0.25, 0.3) is 0 Å². The van der Waals surface area contributed by atoms with E-state index in [-0.39, 0.29) is 5.56 Å². The fourth-order valence-electron chi connectivity index (χ4n) is 1.51. The maximum atomic E-state index is 12.5. The fourth-order valence-corrected chi connectivity index (χ4v) is 2.56. The molecule has 0 unspecified atom stereocenters. The van der Waals surface area contributed by atoms with Gasteiger partial charge in [-0.2, -0.15) is 0 Å². The predicted octanol–water partition coefficient (Wildman–Crippen LogP) is 6.51. The van der Waals surface area contributed by atoms with Gasteiger partial charge in [0.1, 0.15) is 4.90 Å². The molecule has 0 heterocycles. The van der Waals surface area contributed by atoms with Crippen molar-refractivity contribution in [3.05, 3.63) is 64.1 Å². The van der Waals surface area contributed by atoms with Crippen molar-refractivity contribution in [2.75, 3.05) is 0 Å². The minimum Gasteiger partial charge on any atom is -0.0936 e. The van der Waals surface area contributed by atoms with Gasteiger partial charge in [-0.1, -0.05) is 53.3 Å². The van der Waals surface area contributed by atoms with Gasteiger partial charge in [0.15, 0.2) is 0 Å². The first-order valence-corrected chi connectivity index (χ1v) is 8.30. The normalized spacial score (nSPS) is 14.6. The Morgan fingerprint density at radius 2 is 1.33 bits per heavy atom. The third-order valence-corrected chi connectivity index (χ3v) is 4.13. The van der Waals surface area contributed by atoms with Gasteiger partial charge in [-0.3, -0.25) is 0 Å². The molecule has 0 aliphatic heterocycles. The Labute approximate surface area is 126 Å². The fraction of sp³-hybridized carbons (Fsp3) is 0. The second-order valence-corrected chi connectivity index (χ2v) is 7.58. The predicted molar refractivity (Wildman–Crippen MR) is 78.0 cm³/mol. The molecule has 112 valence electrons. The molecule has 0 saturated heterocycles. The van der Waals surface area contributed by atoms with E-state index in [9.17, 15) is 19.4 Å². The first kappa shape index (κ1) is 15.9. The maximum absolute atomic E-state index is 12.5. The van der Waals surface area contributed by atoms with Gasteiger partial charge >= 0.3 is 10.2 Å². The summed E-state index contributed by atoms with van der Waals surface area (Å²) >= 11 is 3.26. The lowest BCUT2D eigenvalue weighted by Gasteiger charge is -2.40. The molecule has 21 heavy (non-hydrogen) atoms. The summed E-state index contributed by atoms with van der Waals surface area (Å²) in [5.41, 5.74) is 0.877. The minimum atomic E-state index is -9.61. The Morgan fingerprint density at radius 1 is 0.762 bits per heavy atom. The smallest absolute Gasteiger partial charge is 0.0936 e. The monoisotopic (exact) mass is 382 g/mol. The zero-order chi connectivity index (χ0) is 15.8. The molecule has 0 aromatic heterocycles. The summed E-state index contributed by atoms with van der Waals surface area (Å²) in [5.74, 6) is 5.36. The highest BCUT2D eigenvalue weighted by Crippen LogP contribution is 3.02. The molecule has 7 heteroatoms. The second kappa shape index (κ2) is 4.49. The number of rotatable bonds is 1. The molecule has 2 rings (SSSR count). The number of benzene rings is 2. The van der Waals surface area contributed by atoms with Crippen molar-refractivity contribution in [2.45, 2.75) is 4.90 Å². The molecule has 0 fully saturated rings. The molecule has 0 aliphatic carbocycles. The van der Waals surface area contributed by atoms with Gasteiger partial charge < -0.3 is 0 Å². The third kappa shape index (κ3) is 4.48. The molecule has 0 bridgehead atoms. The van der Waals surface area contributed by atoms with Gasteiger partial charge in [0.2, 0.25) is 0 Å². The summed E-state index contributed by atoms with van der Waals surface area (Å²) in [5, 5.41) is 0. The summed E-state index contributed by atoms with van der Waals surface area (Å²) in [6.45, 7) is 0. The van der Waals surface area contributed by atoms with Crippen LogP contribution in [0.2, 0.25) is 0 Å². The Bertz CT molecular complexity index is 739. The van der Waals surface area contributed by atoms with Crippen molar-refractivity contribution < 1.29 is 19.4 Å². The standard InChI is InChI=1S/C14H8BrF5S/c15-13-3-1-2-12(10-13)5-4-11-6-8-14(9-7-11)21(16,17,18,19)20/h1-3,6-10H. The van der Waals surface area contributed by atoms with E-state index >= 15 is 0 Å². The van der Waals surface area contributed by atoms with E-state index in [1.165, 1.54) is 0 Å². The van der Waals surface area contributed by atoms with E-state index < -0.39 is 15.1 Å². The average molecular weight is 383 g/mol. The maximum Gasteiger partial charge on any atom is 0.310 e. The van der Waals surface area contributed by atoms with Crippen LogP contribution in [-0.4, -0.2) is 0 Å². The lowest BCUT2D eigenvalue weighted by molar-refractivity contribution is 0.364. The highest BCUT2D eigenvalue weighted by atomic mass is 79.9. The molecule has 0 atom stereocenters. The van der Waals surface area contributed by atoms with Crippen LogP contribution in [0.3, 0.4) is 0 Å². The molecule has 0 spiro atoms. The van der Waals surface area contributed by atoms with Gasteiger partial charge in [0.05, 0.1) is 0 Å². The summed E-state index contributed by atoms with van der Waals surface area (Å²) < 4.78 is 63.5. The van der Waals surface area contributed by atoms with Gasteiger partial charge in [0, 0.05) is 15.6 Å². The second-order valence-electron chi connectivity index (χ2n) is 4.25. The topological polar surface area (TPSA) is 0 Å². The number of hydrogen-bond donors (Lipinski definition) is 0. The van der Waals surface area contributed by atoms with Crippen LogP contribution in [0.4, 0.5) is 19.4 Å². The zero-order valence-electron chi connectivity index (χ0n) is 10.3. The SMILES string of the molecule is FS(F)(F)(F)(F)c1ccc(C#Cc2cccc(Br)c2)cc1. The molecule has 0 amide bonds. The first-order chi connectivity index (χ1) is 9.44. The molecule has 2 aromatic rings. The lowest BCUT2D eigenvalue weighted by atomic mass is 10.2. The quantitative estimate of drug-likeness (QED) is 0.389. The van der Waals surface area contributed by atoms with E-state index in [1.807, 2.05) is 0 Å². The van der Waals surface area contributed by atoms with Crippen LogP contribution < -0.4 is 0 Å². The van der Waals surface area contributed by atoms with Crippen LogP contribution >= 0.6 is 26.2 Å². The third-order valence-electron chi connectivity index (χ3n) is 2.48. The van der Waals surface area contributed by atoms with Crippen molar-refractivity contribution in [1.82, 2.24) is 0 Å². The van der Waals surface area contributed by atoms with E-state index in [1.54, 1.807) is 24.3 Å². The summed E-state index contributed by atoms with van der Waals surface area (Å²) in [7, 11) is -9.61. The van der Waals surface area contributed by atoms with Gasteiger partial charge in [-0.25, -0.2) is 0 Å². The van der Waals surface area contributed by atoms with Crippen molar-refractivity contribution >= 4 is 26.2 Å². The Kier molecular flexibility index (Phi) is 3.39. The van der Waals surface area contributed by atoms with Crippen LogP contribution in [0.15, 0.2) is 57.9 Å². The van der Waals surface area contributed by atoms with Crippen molar-refractivity contribution in [3.63, 3.8) is 0 Å². The molecular formula is C14H8BrF5S. The molecule has 0 radical (unpaired) electrons. The summed E-state index contributed by atoms with van der Waals surface area (Å²) in [4.78, 5) is -1.91. The Hall–Kier alpha value is -1.52. The van der Waals surface area contributed by atoms with Crippen LogP contribution in [0, 0.1) is 11.8 Å². The highest BCUT2D eigenvalue weighted by Gasteiger charge is 2.65.